The lowest BCUT2D eigenvalue weighted by Crippen LogP contribution is -2.18. The third kappa shape index (κ3) is 5.61. The summed E-state index contributed by atoms with van der Waals surface area (Å²) in [5.74, 6) is -0.306. The zero-order chi connectivity index (χ0) is 20.7. The lowest BCUT2D eigenvalue weighted by atomic mass is 10.1. The van der Waals surface area contributed by atoms with Crippen LogP contribution < -0.4 is 14.2 Å². The number of sulfonamides is 1. The zero-order valence-electron chi connectivity index (χ0n) is 15.2. The maximum Gasteiger partial charge on any atom is 0.387 e. The van der Waals surface area contributed by atoms with Crippen molar-refractivity contribution in [3.05, 3.63) is 59.7 Å². The molecule has 1 N–H and O–H groups in total. The van der Waals surface area contributed by atoms with Gasteiger partial charge in [-0.2, -0.15) is 8.78 Å². The van der Waals surface area contributed by atoms with Gasteiger partial charge < -0.3 is 9.47 Å². The molecule has 2 rings (SSSR count). The Morgan fingerprint density at radius 1 is 1.14 bits per heavy atom. The summed E-state index contributed by atoms with van der Waals surface area (Å²) < 4.78 is 60.1. The highest BCUT2D eigenvalue weighted by Gasteiger charge is 2.13. The maximum absolute atomic E-state index is 12.4. The molecular formula is C19H19F2NO5S. The number of rotatable bonds is 9. The summed E-state index contributed by atoms with van der Waals surface area (Å²) in [4.78, 5) is 12.3. The van der Waals surface area contributed by atoms with Gasteiger partial charge in [0, 0.05) is 5.56 Å². The number of alkyl halides is 2. The van der Waals surface area contributed by atoms with E-state index < -0.39 is 16.6 Å². The van der Waals surface area contributed by atoms with E-state index in [1.807, 2.05) is 0 Å². The number of hydrogen-bond donors (Lipinski definition) is 1. The second-order valence-electron chi connectivity index (χ2n) is 5.45. The van der Waals surface area contributed by atoms with Gasteiger partial charge in [0.1, 0.15) is 0 Å². The lowest BCUT2D eigenvalue weighted by Gasteiger charge is -2.11. The lowest BCUT2D eigenvalue weighted by molar-refractivity contribution is -0.0514. The van der Waals surface area contributed by atoms with Crippen molar-refractivity contribution in [3.8, 4) is 11.5 Å². The molecule has 0 spiro atoms. The molecule has 0 atom stereocenters. The Morgan fingerprint density at radius 3 is 2.39 bits per heavy atom. The minimum atomic E-state index is -3.58. The smallest absolute Gasteiger partial charge is 0.387 e. The van der Waals surface area contributed by atoms with Gasteiger partial charge in [-0.1, -0.05) is 12.1 Å². The summed E-state index contributed by atoms with van der Waals surface area (Å²) in [6.45, 7) is -1.01. The molecule has 0 heterocycles. The molecule has 0 fully saturated rings. The molecule has 6 nitrogen and oxygen atoms in total. The SMILES string of the molecule is CCOc1cc(/C=C/C(=O)c2ccc(S(=O)(=O)NC)cc2)ccc1OC(F)F. The van der Waals surface area contributed by atoms with Crippen molar-refractivity contribution >= 4 is 21.9 Å². The van der Waals surface area contributed by atoms with Crippen molar-refractivity contribution in [1.82, 2.24) is 4.72 Å². The van der Waals surface area contributed by atoms with E-state index in [4.69, 9.17) is 4.74 Å². The van der Waals surface area contributed by atoms with E-state index in [0.717, 1.165) is 0 Å². The highest BCUT2D eigenvalue weighted by molar-refractivity contribution is 7.89. The number of benzene rings is 2. The Hall–Kier alpha value is -2.78. The quantitative estimate of drug-likeness (QED) is 0.505. The van der Waals surface area contributed by atoms with Gasteiger partial charge in [0.2, 0.25) is 10.0 Å². The molecule has 0 unspecified atom stereocenters. The van der Waals surface area contributed by atoms with Gasteiger partial charge in [0.25, 0.3) is 0 Å². The summed E-state index contributed by atoms with van der Waals surface area (Å²) in [7, 11) is -2.28. The van der Waals surface area contributed by atoms with Crippen molar-refractivity contribution in [3.63, 3.8) is 0 Å². The number of carbonyl (C=O) groups is 1. The molecular weight excluding hydrogens is 392 g/mol. The fraction of sp³-hybridized carbons (Fsp3) is 0.211. The topological polar surface area (TPSA) is 81.7 Å². The monoisotopic (exact) mass is 411 g/mol. The van der Waals surface area contributed by atoms with Crippen molar-refractivity contribution < 1.29 is 31.5 Å². The Balaban J connectivity index is 2.18. The van der Waals surface area contributed by atoms with Crippen LogP contribution in [0.4, 0.5) is 8.78 Å². The van der Waals surface area contributed by atoms with Crippen LogP contribution in [0.3, 0.4) is 0 Å². The molecule has 0 amide bonds. The minimum absolute atomic E-state index is 0.0477. The Labute approximate surface area is 161 Å². The van der Waals surface area contributed by atoms with Gasteiger partial charge in [0.15, 0.2) is 17.3 Å². The van der Waals surface area contributed by atoms with Crippen LogP contribution in [0.15, 0.2) is 53.4 Å². The standard InChI is InChI=1S/C19H19F2NO5S/c1-3-26-18-12-13(5-11-17(18)27-19(20)21)4-10-16(23)14-6-8-15(9-7-14)28(24,25)22-2/h4-12,19,22H,3H2,1-2H3/b10-4+. The predicted molar refractivity (Wildman–Crippen MR) is 100 cm³/mol. The van der Waals surface area contributed by atoms with E-state index in [1.54, 1.807) is 6.92 Å². The number of allylic oxidation sites excluding steroid dienone is 1. The largest absolute Gasteiger partial charge is 0.490 e. The fourth-order valence-electron chi connectivity index (χ4n) is 2.27. The normalized spacial score (nSPS) is 11.8. The summed E-state index contributed by atoms with van der Waals surface area (Å²) in [5.41, 5.74) is 0.849. The first kappa shape index (κ1) is 21.5. The number of ether oxygens (including phenoxy) is 2. The number of hydrogen-bond acceptors (Lipinski definition) is 5. The number of carbonyl (C=O) groups excluding carboxylic acids is 1. The maximum atomic E-state index is 12.4. The van der Waals surface area contributed by atoms with E-state index in [-0.39, 0.29) is 28.8 Å². The van der Waals surface area contributed by atoms with Crippen LogP contribution in [-0.2, 0) is 10.0 Å². The molecule has 9 heteroatoms. The molecule has 0 aliphatic rings. The average Bonchev–Trinajstić information content (AvgIpc) is 2.67. The number of nitrogens with one attached hydrogen (secondary N) is 1. The molecule has 0 radical (unpaired) electrons. The molecule has 0 aromatic heterocycles. The van der Waals surface area contributed by atoms with E-state index in [9.17, 15) is 22.0 Å². The van der Waals surface area contributed by atoms with Crippen LogP contribution >= 0.6 is 0 Å². The van der Waals surface area contributed by atoms with Crippen LogP contribution in [0.2, 0.25) is 0 Å². The molecule has 0 bridgehead atoms. The third-order valence-corrected chi connectivity index (χ3v) is 5.06. The molecule has 28 heavy (non-hydrogen) atoms. The van der Waals surface area contributed by atoms with Crippen LogP contribution in [0.5, 0.6) is 11.5 Å². The van der Waals surface area contributed by atoms with Gasteiger partial charge >= 0.3 is 6.61 Å². The highest BCUT2D eigenvalue weighted by atomic mass is 32.2. The Kier molecular flexibility index (Phi) is 7.24. The summed E-state index contributed by atoms with van der Waals surface area (Å²) >= 11 is 0. The first-order chi connectivity index (χ1) is 13.3. The van der Waals surface area contributed by atoms with Gasteiger partial charge in [-0.15, -0.1) is 0 Å². The molecule has 0 aliphatic heterocycles. The Bertz CT molecular complexity index is 957. The Morgan fingerprint density at radius 2 is 1.82 bits per heavy atom. The second kappa shape index (κ2) is 9.43. The van der Waals surface area contributed by atoms with Gasteiger partial charge in [-0.05, 0) is 62.0 Å². The molecule has 0 saturated heterocycles. The molecule has 150 valence electrons. The van der Waals surface area contributed by atoms with Crippen molar-refractivity contribution in [2.75, 3.05) is 13.7 Å². The third-order valence-electron chi connectivity index (χ3n) is 3.63. The van der Waals surface area contributed by atoms with Crippen LogP contribution in [0, 0.1) is 0 Å². The predicted octanol–water partition coefficient (Wildman–Crippen LogP) is 3.49. The molecule has 0 aliphatic carbocycles. The minimum Gasteiger partial charge on any atom is -0.490 e. The summed E-state index contributed by atoms with van der Waals surface area (Å²) in [6.07, 6.45) is 2.79. The van der Waals surface area contributed by atoms with Crippen molar-refractivity contribution in [2.45, 2.75) is 18.4 Å². The van der Waals surface area contributed by atoms with Crippen molar-refractivity contribution in [2.24, 2.45) is 0 Å². The summed E-state index contributed by atoms with van der Waals surface area (Å²) in [5, 5.41) is 0. The first-order valence-corrected chi connectivity index (χ1v) is 9.73. The van der Waals surface area contributed by atoms with Crippen molar-refractivity contribution in [1.29, 1.82) is 0 Å². The highest BCUT2D eigenvalue weighted by Crippen LogP contribution is 2.30. The van der Waals surface area contributed by atoms with Crippen LogP contribution in [0.25, 0.3) is 6.08 Å². The average molecular weight is 411 g/mol. The second-order valence-corrected chi connectivity index (χ2v) is 7.33. The zero-order valence-corrected chi connectivity index (χ0v) is 16.0. The molecule has 0 saturated carbocycles. The fourth-order valence-corrected chi connectivity index (χ4v) is 3.00. The van der Waals surface area contributed by atoms with E-state index in [0.29, 0.717) is 11.1 Å². The first-order valence-electron chi connectivity index (χ1n) is 8.24. The van der Waals surface area contributed by atoms with Crippen LogP contribution in [-0.4, -0.2) is 34.5 Å². The van der Waals surface area contributed by atoms with Gasteiger partial charge in [0.05, 0.1) is 11.5 Å². The van der Waals surface area contributed by atoms with Gasteiger partial charge in [-0.3, -0.25) is 4.79 Å². The number of halogens is 2. The van der Waals surface area contributed by atoms with E-state index in [1.165, 1.54) is 61.7 Å². The molecule has 2 aromatic rings. The van der Waals surface area contributed by atoms with Crippen LogP contribution in [0.1, 0.15) is 22.8 Å². The summed E-state index contributed by atoms with van der Waals surface area (Å²) in [6, 6.07) is 9.79. The van der Waals surface area contributed by atoms with E-state index in [2.05, 4.69) is 9.46 Å². The molecule has 2 aromatic carbocycles. The number of ketones is 1. The van der Waals surface area contributed by atoms with E-state index >= 15 is 0 Å². The van der Waals surface area contributed by atoms with Gasteiger partial charge in [-0.25, -0.2) is 13.1 Å².